The van der Waals surface area contributed by atoms with E-state index in [4.69, 9.17) is 9.47 Å². The number of fused-ring (bicyclic) bond motifs is 1. The van der Waals surface area contributed by atoms with Crippen LogP contribution in [0.3, 0.4) is 0 Å². The van der Waals surface area contributed by atoms with Crippen molar-refractivity contribution in [2.24, 2.45) is 0 Å². The van der Waals surface area contributed by atoms with E-state index < -0.39 is 0 Å². The summed E-state index contributed by atoms with van der Waals surface area (Å²) in [4.78, 5) is 2.37. The molecule has 0 saturated carbocycles. The molecule has 0 aliphatic rings. The van der Waals surface area contributed by atoms with Crippen LogP contribution in [0, 0.1) is 0 Å². The molecule has 34 heavy (non-hydrogen) atoms. The van der Waals surface area contributed by atoms with Gasteiger partial charge in [-0.05, 0) is 78.7 Å². The van der Waals surface area contributed by atoms with Gasteiger partial charge in [0.05, 0.1) is 18.3 Å². The van der Waals surface area contributed by atoms with Gasteiger partial charge in [-0.15, -0.1) is 0 Å². The normalized spacial score (nSPS) is 11.5. The third kappa shape index (κ3) is 5.13. The molecule has 0 saturated heterocycles. The smallest absolute Gasteiger partial charge is 0.119 e. The Morgan fingerprint density at radius 1 is 0.824 bits per heavy atom. The molecule has 0 amide bonds. The van der Waals surface area contributed by atoms with E-state index in [1.54, 1.807) is 7.11 Å². The summed E-state index contributed by atoms with van der Waals surface area (Å²) in [6.07, 6.45) is 0. The third-order valence-electron chi connectivity index (χ3n) is 6.55. The minimum absolute atomic E-state index is 0.512. The molecule has 0 fully saturated rings. The molecule has 1 aromatic heterocycles. The van der Waals surface area contributed by atoms with Crippen LogP contribution in [0.1, 0.15) is 39.2 Å². The van der Waals surface area contributed by atoms with E-state index in [2.05, 4.69) is 104 Å². The summed E-state index contributed by atoms with van der Waals surface area (Å²) in [7, 11) is 1.71. The molecule has 0 unspecified atom stereocenters. The second-order valence-electron chi connectivity index (χ2n) is 8.94. The van der Waals surface area contributed by atoms with Gasteiger partial charge < -0.3 is 18.9 Å². The molecular formula is C30H36N2O2. The Labute approximate surface area is 203 Å². The van der Waals surface area contributed by atoms with Crippen molar-refractivity contribution in [1.82, 2.24) is 9.47 Å². The van der Waals surface area contributed by atoms with E-state index in [1.807, 2.05) is 6.07 Å². The van der Waals surface area contributed by atoms with E-state index >= 15 is 0 Å². The van der Waals surface area contributed by atoms with E-state index in [-0.39, 0.29) is 0 Å². The lowest BCUT2D eigenvalue weighted by molar-refractivity contribution is 0.223. The standard InChI is InChI=1S/C30H36N2O2/c1-6-31(7-2)18-19-34-27-14-12-26(13-15-27)32-29-17-16-28(33-5)20-25(29)21-30(32)24-10-8-23(9-11-24)22(3)4/h8-17,20-22H,6-7,18-19H2,1-5H3. The molecule has 4 nitrogen and oxygen atoms in total. The van der Waals surface area contributed by atoms with Crippen LogP contribution in [0.15, 0.2) is 72.8 Å². The highest BCUT2D eigenvalue weighted by Gasteiger charge is 2.14. The number of benzene rings is 3. The molecule has 4 rings (SSSR count). The van der Waals surface area contributed by atoms with Gasteiger partial charge in [-0.25, -0.2) is 0 Å². The minimum atomic E-state index is 0.512. The van der Waals surface area contributed by atoms with Gasteiger partial charge in [-0.3, -0.25) is 0 Å². The summed E-state index contributed by atoms with van der Waals surface area (Å²) >= 11 is 0. The Kier molecular flexibility index (Phi) is 7.59. The minimum Gasteiger partial charge on any atom is -0.497 e. The van der Waals surface area contributed by atoms with Crippen LogP contribution in [0.5, 0.6) is 11.5 Å². The van der Waals surface area contributed by atoms with Crippen molar-refractivity contribution >= 4 is 10.9 Å². The average molecular weight is 457 g/mol. The molecule has 4 heteroatoms. The third-order valence-corrected chi connectivity index (χ3v) is 6.55. The van der Waals surface area contributed by atoms with Crippen LogP contribution < -0.4 is 9.47 Å². The number of rotatable bonds is 10. The molecule has 0 atom stereocenters. The predicted molar refractivity (Wildman–Crippen MR) is 143 cm³/mol. The van der Waals surface area contributed by atoms with Crippen LogP contribution in [0.4, 0.5) is 0 Å². The van der Waals surface area contributed by atoms with Crippen LogP contribution in [0.2, 0.25) is 0 Å². The van der Waals surface area contributed by atoms with E-state index in [9.17, 15) is 0 Å². The monoisotopic (exact) mass is 456 g/mol. The van der Waals surface area contributed by atoms with Crippen molar-refractivity contribution in [2.75, 3.05) is 33.4 Å². The van der Waals surface area contributed by atoms with Crippen LogP contribution in [0.25, 0.3) is 27.8 Å². The van der Waals surface area contributed by atoms with Gasteiger partial charge in [-0.2, -0.15) is 0 Å². The second-order valence-corrected chi connectivity index (χ2v) is 8.94. The SMILES string of the molecule is CCN(CC)CCOc1ccc(-n2c(-c3ccc(C(C)C)cc3)cc3cc(OC)ccc32)cc1. The quantitative estimate of drug-likeness (QED) is 0.253. The van der Waals surface area contributed by atoms with Crippen molar-refractivity contribution in [3.63, 3.8) is 0 Å². The van der Waals surface area contributed by atoms with E-state index in [0.717, 1.165) is 53.4 Å². The number of hydrogen-bond donors (Lipinski definition) is 0. The van der Waals surface area contributed by atoms with Crippen LogP contribution in [-0.4, -0.2) is 42.8 Å². The van der Waals surface area contributed by atoms with Gasteiger partial charge in [0, 0.05) is 17.6 Å². The van der Waals surface area contributed by atoms with E-state index in [1.165, 1.54) is 11.1 Å². The molecule has 0 spiro atoms. The highest BCUT2D eigenvalue weighted by atomic mass is 16.5. The average Bonchev–Trinajstić information content (AvgIpc) is 3.25. The molecule has 1 heterocycles. The Hall–Kier alpha value is -3.24. The molecule has 178 valence electrons. The first-order valence-corrected chi connectivity index (χ1v) is 12.3. The number of aromatic nitrogens is 1. The number of nitrogens with zero attached hydrogens (tertiary/aromatic N) is 2. The van der Waals surface area contributed by atoms with Crippen molar-refractivity contribution in [3.05, 3.63) is 78.4 Å². The highest BCUT2D eigenvalue weighted by molar-refractivity contribution is 5.90. The maximum atomic E-state index is 6.01. The number of ether oxygens (including phenoxy) is 2. The molecule has 0 aliphatic heterocycles. The first-order chi connectivity index (χ1) is 16.5. The first-order valence-electron chi connectivity index (χ1n) is 12.3. The molecule has 0 bridgehead atoms. The van der Waals surface area contributed by atoms with Crippen molar-refractivity contribution < 1.29 is 9.47 Å². The lowest BCUT2D eigenvalue weighted by Gasteiger charge is -2.18. The summed E-state index contributed by atoms with van der Waals surface area (Å²) in [5.41, 5.74) is 5.96. The largest absolute Gasteiger partial charge is 0.497 e. The number of likely N-dealkylation sites (N-methyl/N-ethyl adjacent to an activating group) is 1. The zero-order chi connectivity index (χ0) is 24.1. The summed E-state index contributed by atoms with van der Waals surface area (Å²) in [6, 6.07) is 25.8. The fourth-order valence-corrected chi connectivity index (χ4v) is 4.37. The molecule has 0 radical (unpaired) electrons. The van der Waals surface area contributed by atoms with Crippen LogP contribution >= 0.6 is 0 Å². The van der Waals surface area contributed by atoms with Crippen molar-refractivity contribution in [2.45, 2.75) is 33.6 Å². The molecular weight excluding hydrogens is 420 g/mol. The summed E-state index contributed by atoms with van der Waals surface area (Å²) in [5, 5.41) is 1.15. The fourth-order valence-electron chi connectivity index (χ4n) is 4.37. The maximum absolute atomic E-state index is 6.01. The highest BCUT2D eigenvalue weighted by Crippen LogP contribution is 2.34. The van der Waals surface area contributed by atoms with Gasteiger partial charge >= 0.3 is 0 Å². The Morgan fingerprint density at radius 2 is 1.50 bits per heavy atom. The van der Waals surface area contributed by atoms with Crippen molar-refractivity contribution in [3.8, 4) is 28.4 Å². The first kappa shape index (κ1) is 23.9. The summed E-state index contributed by atoms with van der Waals surface area (Å²) in [6.45, 7) is 12.5. The lowest BCUT2D eigenvalue weighted by atomic mass is 10.0. The van der Waals surface area contributed by atoms with E-state index in [0.29, 0.717) is 12.5 Å². The number of methoxy groups -OCH3 is 1. The molecule has 0 N–H and O–H groups in total. The predicted octanol–water partition coefficient (Wildman–Crippen LogP) is 7.15. The molecule has 3 aromatic carbocycles. The Balaban J connectivity index is 1.68. The Bertz CT molecular complexity index is 1200. The molecule has 4 aromatic rings. The van der Waals surface area contributed by atoms with Gasteiger partial charge in [0.2, 0.25) is 0 Å². The van der Waals surface area contributed by atoms with Gasteiger partial charge in [0.1, 0.15) is 18.1 Å². The Morgan fingerprint density at radius 3 is 2.12 bits per heavy atom. The molecule has 0 aliphatic carbocycles. The summed E-state index contributed by atoms with van der Waals surface area (Å²) < 4.78 is 13.8. The van der Waals surface area contributed by atoms with Gasteiger partial charge in [0.25, 0.3) is 0 Å². The maximum Gasteiger partial charge on any atom is 0.119 e. The zero-order valence-electron chi connectivity index (χ0n) is 21.0. The second kappa shape index (κ2) is 10.8. The summed E-state index contributed by atoms with van der Waals surface area (Å²) in [5.74, 6) is 2.28. The van der Waals surface area contributed by atoms with Crippen molar-refractivity contribution in [1.29, 1.82) is 0 Å². The van der Waals surface area contributed by atoms with Gasteiger partial charge in [-0.1, -0.05) is 52.0 Å². The van der Waals surface area contributed by atoms with Crippen LogP contribution in [-0.2, 0) is 0 Å². The topological polar surface area (TPSA) is 26.6 Å². The lowest BCUT2D eigenvalue weighted by Crippen LogP contribution is -2.27. The number of hydrogen-bond acceptors (Lipinski definition) is 3. The fraction of sp³-hybridized carbons (Fsp3) is 0.333. The van der Waals surface area contributed by atoms with Gasteiger partial charge in [0.15, 0.2) is 0 Å². The zero-order valence-corrected chi connectivity index (χ0v) is 21.0.